The number of rotatable bonds is 5. The molecule has 2 rings (SSSR count). The van der Waals surface area contributed by atoms with Gasteiger partial charge in [-0.3, -0.25) is 9.59 Å². The van der Waals surface area contributed by atoms with Crippen molar-refractivity contribution in [1.82, 2.24) is 9.80 Å². The minimum atomic E-state index is -1.04. The number of nitrogens with zero attached hydrogens (tertiary/aromatic N) is 2. The van der Waals surface area contributed by atoms with Gasteiger partial charge in [0.05, 0.1) is 13.2 Å². The van der Waals surface area contributed by atoms with Crippen molar-refractivity contribution in [3.05, 3.63) is 0 Å². The Bertz CT molecular complexity index is 369. The zero-order chi connectivity index (χ0) is 14.6. The monoisotopic (exact) mass is 283 g/mol. The van der Waals surface area contributed by atoms with Crippen molar-refractivity contribution in [2.45, 2.75) is 38.2 Å². The normalized spacial score (nSPS) is 27.8. The molecule has 0 aromatic heterocycles. The number of hydrogen-bond donors (Lipinski definition) is 1. The molecular formula is C14H25N3O3. The Morgan fingerprint density at radius 1 is 1.25 bits per heavy atom. The van der Waals surface area contributed by atoms with Crippen molar-refractivity contribution in [2.24, 2.45) is 5.73 Å². The highest BCUT2D eigenvalue weighted by Crippen LogP contribution is 2.18. The van der Waals surface area contributed by atoms with Crippen LogP contribution in [0.4, 0.5) is 0 Å². The van der Waals surface area contributed by atoms with Crippen molar-refractivity contribution in [1.29, 1.82) is 0 Å². The van der Waals surface area contributed by atoms with Crippen LogP contribution in [0.1, 0.15) is 32.6 Å². The molecule has 114 valence electrons. The van der Waals surface area contributed by atoms with Crippen LogP contribution >= 0.6 is 0 Å². The molecule has 2 saturated heterocycles. The number of amides is 2. The predicted octanol–water partition coefficient (Wildman–Crippen LogP) is -0.0348. The molecule has 0 saturated carbocycles. The van der Waals surface area contributed by atoms with Crippen LogP contribution in [0.15, 0.2) is 0 Å². The SMILES string of the molecule is C[C@]1(C(N)=O)CN(C(=O)CCCN2CCCC2)CCO1. The van der Waals surface area contributed by atoms with Gasteiger partial charge in [-0.2, -0.15) is 0 Å². The second-order valence-electron chi connectivity index (χ2n) is 5.91. The molecule has 2 aliphatic rings. The molecule has 2 amide bonds. The van der Waals surface area contributed by atoms with Gasteiger partial charge in [0.15, 0.2) is 5.60 Å². The van der Waals surface area contributed by atoms with E-state index in [4.69, 9.17) is 10.5 Å². The summed E-state index contributed by atoms with van der Waals surface area (Å²) in [5, 5.41) is 0. The van der Waals surface area contributed by atoms with E-state index in [9.17, 15) is 9.59 Å². The van der Waals surface area contributed by atoms with Crippen molar-refractivity contribution in [3.63, 3.8) is 0 Å². The summed E-state index contributed by atoms with van der Waals surface area (Å²) in [5.74, 6) is -0.410. The Labute approximate surface area is 120 Å². The minimum Gasteiger partial charge on any atom is -0.367 e. The van der Waals surface area contributed by atoms with Gasteiger partial charge in [0.2, 0.25) is 5.91 Å². The van der Waals surface area contributed by atoms with Crippen molar-refractivity contribution < 1.29 is 14.3 Å². The summed E-state index contributed by atoms with van der Waals surface area (Å²) in [6.45, 7) is 6.15. The lowest BCUT2D eigenvalue weighted by Crippen LogP contribution is -2.58. The quantitative estimate of drug-likeness (QED) is 0.768. The van der Waals surface area contributed by atoms with Gasteiger partial charge < -0.3 is 20.3 Å². The third-order valence-corrected chi connectivity index (χ3v) is 4.21. The highest BCUT2D eigenvalue weighted by Gasteiger charge is 2.38. The summed E-state index contributed by atoms with van der Waals surface area (Å²) >= 11 is 0. The molecule has 1 atom stereocenters. The second kappa shape index (κ2) is 6.54. The number of ether oxygens (including phenoxy) is 1. The molecule has 2 fully saturated rings. The summed E-state index contributed by atoms with van der Waals surface area (Å²) in [6.07, 6.45) is 3.96. The molecule has 2 N–H and O–H groups in total. The van der Waals surface area contributed by atoms with E-state index in [1.165, 1.54) is 12.8 Å². The van der Waals surface area contributed by atoms with Crippen LogP contribution in [0.25, 0.3) is 0 Å². The minimum absolute atomic E-state index is 0.0972. The average molecular weight is 283 g/mol. The Morgan fingerprint density at radius 2 is 1.95 bits per heavy atom. The zero-order valence-electron chi connectivity index (χ0n) is 12.3. The number of carbonyl (C=O) groups is 2. The predicted molar refractivity (Wildman–Crippen MR) is 75.0 cm³/mol. The van der Waals surface area contributed by atoms with Crippen LogP contribution < -0.4 is 5.73 Å². The van der Waals surface area contributed by atoms with Gasteiger partial charge in [-0.05, 0) is 45.8 Å². The van der Waals surface area contributed by atoms with Gasteiger partial charge in [0.25, 0.3) is 5.91 Å². The van der Waals surface area contributed by atoms with E-state index < -0.39 is 11.5 Å². The molecule has 0 radical (unpaired) electrons. The molecular weight excluding hydrogens is 258 g/mol. The lowest BCUT2D eigenvalue weighted by Gasteiger charge is -2.38. The highest BCUT2D eigenvalue weighted by atomic mass is 16.5. The smallest absolute Gasteiger partial charge is 0.251 e. The largest absolute Gasteiger partial charge is 0.367 e. The molecule has 0 bridgehead atoms. The van der Waals surface area contributed by atoms with Crippen molar-refractivity contribution in [2.75, 3.05) is 39.3 Å². The van der Waals surface area contributed by atoms with Gasteiger partial charge >= 0.3 is 0 Å². The number of likely N-dealkylation sites (tertiary alicyclic amines) is 1. The fraction of sp³-hybridized carbons (Fsp3) is 0.857. The number of primary amides is 1. The fourth-order valence-electron chi connectivity index (χ4n) is 2.85. The van der Waals surface area contributed by atoms with E-state index in [0.29, 0.717) is 19.6 Å². The Morgan fingerprint density at radius 3 is 2.60 bits per heavy atom. The number of carbonyl (C=O) groups excluding carboxylic acids is 2. The third kappa shape index (κ3) is 3.70. The standard InChI is InChI=1S/C14H25N3O3/c1-14(13(15)19)11-17(9-10-20-14)12(18)5-4-8-16-6-2-3-7-16/h2-11H2,1H3,(H2,15,19)/t14-/m1/s1. The first-order valence-electron chi connectivity index (χ1n) is 7.45. The number of nitrogens with two attached hydrogens (primary N) is 1. The van der Waals surface area contributed by atoms with E-state index in [0.717, 1.165) is 26.1 Å². The summed E-state index contributed by atoms with van der Waals surface area (Å²) in [4.78, 5) is 27.7. The van der Waals surface area contributed by atoms with Crippen LogP contribution in [0.3, 0.4) is 0 Å². The number of hydrogen-bond acceptors (Lipinski definition) is 4. The molecule has 0 aromatic carbocycles. The molecule has 0 aromatic rings. The molecule has 6 nitrogen and oxygen atoms in total. The van der Waals surface area contributed by atoms with E-state index in [1.54, 1.807) is 11.8 Å². The second-order valence-corrected chi connectivity index (χ2v) is 5.91. The van der Waals surface area contributed by atoms with Gasteiger partial charge in [-0.15, -0.1) is 0 Å². The topological polar surface area (TPSA) is 75.9 Å². The first-order chi connectivity index (χ1) is 9.51. The van der Waals surface area contributed by atoms with Crippen LogP contribution in [0, 0.1) is 0 Å². The van der Waals surface area contributed by atoms with Crippen LogP contribution in [0.2, 0.25) is 0 Å². The van der Waals surface area contributed by atoms with Crippen LogP contribution in [-0.2, 0) is 14.3 Å². The first-order valence-corrected chi connectivity index (χ1v) is 7.45. The highest BCUT2D eigenvalue weighted by molar-refractivity contribution is 5.85. The van der Waals surface area contributed by atoms with Gasteiger partial charge in [-0.25, -0.2) is 0 Å². The van der Waals surface area contributed by atoms with Crippen LogP contribution in [0.5, 0.6) is 0 Å². The van der Waals surface area contributed by atoms with Gasteiger partial charge in [0, 0.05) is 13.0 Å². The van der Waals surface area contributed by atoms with E-state index in [2.05, 4.69) is 4.90 Å². The summed E-state index contributed by atoms with van der Waals surface area (Å²) in [7, 11) is 0. The summed E-state index contributed by atoms with van der Waals surface area (Å²) in [5.41, 5.74) is 4.30. The van der Waals surface area contributed by atoms with Crippen LogP contribution in [-0.4, -0.2) is 66.5 Å². The van der Waals surface area contributed by atoms with E-state index in [-0.39, 0.29) is 12.5 Å². The summed E-state index contributed by atoms with van der Waals surface area (Å²) < 4.78 is 5.42. The first kappa shape index (κ1) is 15.3. The molecule has 0 unspecified atom stereocenters. The zero-order valence-corrected chi connectivity index (χ0v) is 12.3. The maximum absolute atomic E-state index is 12.2. The Hall–Kier alpha value is -1.14. The molecule has 6 heteroatoms. The van der Waals surface area contributed by atoms with Gasteiger partial charge in [-0.1, -0.05) is 0 Å². The van der Waals surface area contributed by atoms with Crippen molar-refractivity contribution in [3.8, 4) is 0 Å². The van der Waals surface area contributed by atoms with Gasteiger partial charge in [0.1, 0.15) is 0 Å². The maximum atomic E-state index is 12.2. The molecule has 20 heavy (non-hydrogen) atoms. The molecule has 0 aliphatic carbocycles. The average Bonchev–Trinajstić information content (AvgIpc) is 2.91. The molecule has 2 aliphatic heterocycles. The Balaban J connectivity index is 1.75. The van der Waals surface area contributed by atoms with Crippen molar-refractivity contribution >= 4 is 11.8 Å². The third-order valence-electron chi connectivity index (χ3n) is 4.21. The van der Waals surface area contributed by atoms with E-state index >= 15 is 0 Å². The number of morpholine rings is 1. The summed E-state index contributed by atoms with van der Waals surface area (Å²) in [6, 6.07) is 0. The molecule has 2 heterocycles. The fourth-order valence-corrected chi connectivity index (χ4v) is 2.85. The molecule has 0 spiro atoms. The van der Waals surface area contributed by atoms with E-state index in [1.807, 2.05) is 0 Å². The lowest BCUT2D eigenvalue weighted by atomic mass is 10.0. The maximum Gasteiger partial charge on any atom is 0.251 e. The Kier molecular flexibility index (Phi) is 4.99. The lowest BCUT2D eigenvalue weighted by molar-refractivity contribution is -0.160.